The van der Waals surface area contributed by atoms with Crippen molar-refractivity contribution >= 4 is 5.90 Å². The summed E-state index contributed by atoms with van der Waals surface area (Å²) >= 11 is 0. The molecule has 58 valence electrons. The van der Waals surface area contributed by atoms with E-state index >= 15 is 0 Å². The summed E-state index contributed by atoms with van der Waals surface area (Å²) in [4.78, 5) is 4.40. The summed E-state index contributed by atoms with van der Waals surface area (Å²) < 4.78 is 5.29. The Morgan fingerprint density at radius 2 is 2.30 bits per heavy atom. The van der Waals surface area contributed by atoms with E-state index in [-0.39, 0.29) is 5.54 Å². The van der Waals surface area contributed by atoms with Gasteiger partial charge in [-0.15, -0.1) is 0 Å². The second kappa shape index (κ2) is 2.60. The average molecular weight is 141 g/mol. The van der Waals surface area contributed by atoms with Crippen LogP contribution >= 0.6 is 0 Å². The van der Waals surface area contributed by atoms with Crippen molar-refractivity contribution in [2.24, 2.45) is 4.99 Å². The lowest BCUT2D eigenvalue weighted by Crippen LogP contribution is -2.10. The molecule has 2 heteroatoms. The Labute approximate surface area is 62.3 Å². The smallest absolute Gasteiger partial charge is 0.183 e. The molecule has 0 amide bonds. The third-order valence-electron chi connectivity index (χ3n) is 1.69. The van der Waals surface area contributed by atoms with Gasteiger partial charge < -0.3 is 4.74 Å². The number of aliphatic imine (C=N–C) groups is 1. The second-order valence-electron chi connectivity index (χ2n) is 3.25. The predicted molar refractivity (Wildman–Crippen MR) is 42.4 cm³/mol. The summed E-state index contributed by atoms with van der Waals surface area (Å²) in [6, 6.07) is 0. The van der Waals surface area contributed by atoms with Crippen molar-refractivity contribution in [2.45, 2.75) is 39.2 Å². The minimum Gasteiger partial charge on any atom is -0.481 e. The fraction of sp³-hybridized carbons (Fsp3) is 0.875. The molecule has 2 nitrogen and oxygen atoms in total. The molecule has 0 N–H and O–H groups in total. The molecule has 0 bridgehead atoms. The zero-order chi connectivity index (χ0) is 7.61. The van der Waals surface area contributed by atoms with E-state index < -0.39 is 0 Å². The Kier molecular flexibility index (Phi) is 1.97. The van der Waals surface area contributed by atoms with E-state index in [0.717, 1.165) is 25.3 Å². The van der Waals surface area contributed by atoms with Gasteiger partial charge in [-0.3, -0.25) is 0 Å². The van der Waals surface area contributed by atoms with E-state index in [2.05, 4.69) is 18.8 Å². The van der Waals surface area contributed by atoms with Crippen molar-refractivity contribution in [3.8, 4) is 0 Å². The van der Waals surface area contributed by atoms with Crippen molar-refractivity contribution in [3.05, 3.63) is 0 Å². The number of nitrogens with zero attached hydrogens (tertiary/aromatic N) is 1. The molecule has 1 heterocycles. The SMILES string of the molecule is CCOC1=NC(C)(C)CC1. The Bertz CT molecular complexity index is 149. The molecule has 1 aliphatic heterocycles. The van der Waals surface area contributed by atoms with Gasteiger partial charge in [0.25, 0.3) is 0 Å². The quantitative estimate of drug-likeness (QED) is 0.547. The predicted octanol–water partition coefficient (Wildman–Crippen LogP) is 1.99. The maximum atomic E-state index is 5.29. The molecule has 0 aromatic heterocycles. The van der Waals surface area contributed by atoms with Crippen LogP contribution in [0.5, 0.6) is 0 Å². The van der Waals surface area contributed by atoms with Crippen LogP contribution in [0.15, 0.2) is 4.99 Å². The molecule has 0 aromatic carbocycles. The highest BCUT2D eigenvalue weighted by Crippen LogP contribution is 2.24. The van der Waals surface area contributed by atoms with Crippen LogP contribution in [0.25, 0.3) is 0 Å². The Morgan fingerprint density at radius 3 is 2.70 bits per heavy atom. The number of rotatable bonds is 1. The normalized spacial score (nSPS) is 22.5. The number of hydrogen-bond acceptors (Lipinski definition) is 2. The van der Waals surface area contributed by atoms with E-state index in [4.69, 9.17) is 4.74 Å². The molecule has 1 aliphatic rings. The monoisotopic (exact) mass is 141 g/mol. The first kappa shape index (κ1) is 7.58. The van der Waals surface area contributed by atoms with Crippen LogP contribution in [-0.4, -0.2) is 18.0 Å². The summed E-state index contributed by atoms with van der Waals surface area (Å²) in [6.45, 7) is 7.01. The highest BCUT2D eigenvalue weighted by Gasteiger charge is 2.24. The summed E-state index contributed by atoms with van der Waals surface area (Å²) in [5.41, 5.74) is 0.129. The van der Waals surface area contributed by atoms with Gasteiger partial charge in [-0.2, -0.15) is 0 Å². The fourth-order valence-corrected chi connectivity index (χ4v) is 1.13. The van der Waals surface area contributed by atoms with Gasteiger partial charge in [0.1, 0.15) is 0 Å². The first-order valence-electron chi connectivity index (χ1n) is 3.85. The summed E-state index contributed by atoms with van der Waals surface area (Å²) in [5, 5.41) is 0. The van der Waals surface area contributed by atoms with Gasteiger partial charge in [-0.25, -0.2) is 4.99 Å². The van der Waals surface area contributed by atoms with Gasteiger partial charge in [-0.1, -0.05) is 0 Å². The van der Waals surface area contributed by atoms with E-state index in [1.807, 2.05) is 6.92 Å². The molecule has 0 fully saturated rings. The van der Waals surface area contributed by atoms with Crippen LogP contribution < -0.4 is 0 Å². The van der Waals surface area contributed by atoms with Crippen molar-refractivity contribution in [1.82, 2.24) is 0 Å². The van der Waals surface area contributed by atoms with Gasteiger partial charge >= 0.3 is 0 Å². The van der Waals surface area contributed by atoms with Gasteiger partial charge in [0.2, 0.25) is 0 Å². The molecule has 10 heavy (non-hydrogen) atoms. The summed E-state index contributed by atoms with van der Waals surface area (Å²) in [6.07, 6.45) is 2.14. The van der Waals surface area contributed by atoms with Crippen molar-refractivity contribution in [3.63, 3.8) is 0 Å². The lowest BCUT2D eigenvalue weighted by molar-refractivity contribution is 0.320. The highest BCUT2D eigenvalue weighted by atomic mass is 16.5. The van der Waals surface area contributed by atoms with Crippen LogP contribution in [0.4, 0.5) is 0 Å². The maximum Gasteiger partial charge on any atom is 0.183 e. The molecule has 0 saturated heterocycles. The van der Waals surface area contributed by atoms with Crippen LogP contribution in [0.1, 0.15) is 33.6 Å². The average Bonchev–Trinajstić information content (AvgIpc) is 2.12. The maximum absolute atomic E-state index is 5.29. The van der Waals surface area contributed by atoms with Crippen LogP contribution in [-0.2, 0) is 4.74 Å². The molecule has 0 spiro atoms. The van der Waals surface area contributed by atoms with E-state index in [1.54, 1.807) is 0 Å². The van der Waals surface area contributed by atoms with E-state index in [1.165, 1.54) is 0 Å². The number of hydrogen-bond donors (Lipinski definition) is 0. The lowest BCUT2D eigenvalue weighted by atomic mass is 10.0. The zero-order valence-electron chi connectivity index (χ0n) is 6.98. The van der Waals surface area contributed by atoms with Crippen molar-refractivity contribution in [2.75, 3.05) is 6.61 Å². The first-order chi connectivity index (χ1) is 4.64. The topological polar surface area (TPSA) is 21.6 Å². The Hall–Kier alpha value is -0.530. The third-order valence-corrected chi connectivity index (χ3v) is 1.69. The van der Waals surface area contributed by atoms with Crippen LogP contribution in [0.3, 0.4) is 0 Å². The Morgan fingerprint density at radius 1 is 1.60 bits per heavy atom. The van der Waals surface area contributed by atoms with Gasteiger partial charge in [-0.05, 0) is 27.2 Å². The molecular weight excluding hydrogens is 126 g/mol. The molecule has 0 unspecified atom stereocenters. The van der Waals surface area contributed by atoms with Gasteiger partial charge in [0.15, 0.2) is 5.90 Å². The largest absolute Gasteiger partial charge is 0.481 e. The van der Waals surface area contributed by atoms with Crippen LogP contribution in [0.2, 0.25) is 0 Å². The molecule has 0 saturated carbocycles. The molecule has 1 rings (SSSR count). The minimum absolute atomic E-state index is 0.129. The highest BCUT2D eigenvalue weighted by molar-refractivity contribution is 5.78. The first-order valence-corrected chi connectivity index (χ1v) is 3.85. The van der Waals surface area contributed by atoms with E-state index in [0.29, 0.717) is 0 Å². The third kappa shape index (κ3) is 1.72. The molecule has 0 aliphatic carbocycles. The Balaban J connectivity index is 2.49. The van der Waals surface area contributed by atoms with Crippen molar-refractivity contribution in [1.29, 1.82) is 0 Å². The minimum atomic E-state index is 0.129. The molecular formula is C8H15NO. The molecule has 0 aromatic rings. The van der Waals surface area contributed by atoms with Crippen LogP contribution in [0, 0.1) is 0 Å². The molecule has 0 radical (unpaired) electrons. The fourth-order valence-electron chi connectivity index (χ4n) is 1.13. The van der Waals surface area contributed by atoms with Gasteiger partial charge in [0.05, 0.1) is 12.1 Å². The second-order valence-corrected chi connectivity index (χ2v) is 3.25. The molecule has 0 atom stereocenters. The van der Waals surface area contributed by atoms with Crippen molar-refractivity contribution < 1.29 is 4.74 Å². The van der Waals surface area contributed by atoms with E-state index in [9.17, 15) is 0 Å². The lowest BCUT2D eigenvalue weighted by Gasteiger charge is -2.09. The number of ether oxygens (including phenoxy) is 1. The van der Waals surface area contributed by atoms with Gasteiger partial charge in [0, 0.05) is 6.42 Å². The zero-order valence-corrected chi connectivity index (χ0v) is 6.98. The summed E-state index contributed by atoms with van der Waals surface area (Å²) in [7, 11) is 0. The summed E-state index contributed by atoms with van der Waals surface area (Å²) in [5.74, 6) is 0.938. The standard InChI is InChI=1S/C8H15NO/c1-4-10-7-5-6-8(2,3)9-7/h4-6H2,1-3H3.